The lowest BCUT2D eigenvalue weighted by Crippen LogP contribution is -2.49. The first kappa shape index (κ1) is 22.5. The minimum absolute atomic E-state index is 0. The molecular formula is C22H37IN4. The van der Waals surface area contributed by atoms with Gasteiger partial charge in [-0.25, -0.2) is 0 Å². The normalized spacial score (nSPS) is 20.0. The lowest BCUT2D eigenvalue weighted by molar-refractivity contribution is 0.158. The van der Waals surface area contributed by atoms with Crippen LogP contribution in [0, 0.1) is 5.92 Å². The molecule has 1 atom stereocenters. The van der Waals surface area contributed by atoms with Crippen molar-refractivity contribution in [2.24, 2.45) is 10.9 Å². The van der Waals surface area contributed by atoms with Crippen LogP contribution in [0.2, 0.25) is 0 Å². The Morgan fingerprint density at radius 1 is 1.15 bits per heavy atom. The second-order valence-corrected chi connectivity index (χ2v) is 7.89. The van der Waals surface area contributed by atoms with E-state index in [1.54, 1.807) is 0 Å². The van der Waals surface area contributed by atoms with Crippen LogP contribution in [-0.4, -0.2) is 43.1 Å². The maximum absolute atomic E-state index is 4.79. The van der Waals surface area contributed by atoms with E-state index in [4.69, 9.17) is 4.99 Å². The van der Waals surface area contributed by atoms with Crippen molar-refractivity contribution in [3.05, 3.63) is 35.9 Å². The van der Waals surface area contributed by atoms with E-state index in [0.29, 0.717) is 12.1 Å². The Hall–Kier alpha value is -0.820. The Kier molecular flexibility index (Phi) is 9.90. The van der Waals surface area contributed by atoms with Gasteiger partial charge in [0.2, 0.25) is 0 Å². The summed E-state index contributed by atoms with van der Waals surface area (Å²) < 4.78 is 0. The number of guanidine groups is 1. The van der Waals surface area contributed by atoms with Gasteiger partial charge in [0, 0.05) is 38.3 Å². The molecule has 0 radical (unpaired) electrons. The number of hydrogen-bond donors (Lipinski definition) is 2. The number of hydrogen-bond acceptors (Lipinski definition) is 2. The molecule has 0 aromatic heterocycles. The number of rotatable bonds is 8. The third-order valence-corrected chi connectivity index (χ3v) is 5.78. The molecule has 4 nitrogen and oxygen atoms in total. The van der Waals surface area contributed by atoms with Crippen LogP contribution in [0.1, 0.15) is 64.0 Å². The van der Waals surface area contributed by atoms with E-state index in [9.17, 15) is 0 Å². The number of nitrogens with one attached hydrogen (secondary N) is 2. The van der Waals surface area contributed by atoms with Gasteiger partial charge in [0.15, 0.2) is 5.96 Å². The highest BCUT2D eigenvalue weighted by Gasteiger charge is 2.24. The molecule has 1 aliphatic carbocycles. The summed E-state index contributed by atoms with van der Waals surface area (Å²) in [4.78, 5) is 7.39. The smallest absolute Gasteiger partial charge is 0.191 e. The van der Waals surface area contributed by atoms with E-state index in [1.807, 2.05) is 0 Å². The van der Waals surface area contributed by atoms with Gasteiger partial charge < -0.3 is 10.6 Å². The first-order valence-corrected chi connectivity index (χ1v) is 10.6. The van der Waals surface area contributed by atoms with Crippen molar-refractivity contribution in [2.75, 3.05) is 26.2 Å². The Labute approximate surface area is 182 Å². The molecule has 2 N–H and O–H groups in total. The summed E-state index contributed by atoms with van der Waals surface area (Å²) in [6, 6.07) is 11.9. The third-order valence-electron chi connectivity index (χ3n) is 5.78. The SMILES string of the molecule is CCNC(=NCCCC1CC1)NC1CCN(C(C)c2ccccc2)CC1.I. The Morgan fingerprint density at radius 2 is 1.85 bits per heavy atom. The molecule has 2 fully saturated rings. The summed E-state index contributed by atoms with van der Waals surface area (Å²) in [7, 11) is 0. The highest BCUT2D eigenvalue weighted by Crippen LogP contribution is 2.33. The highest BCUT2D eigenvalue weighted by molar-refractivity contribution is 14.0. The average molecular weight is 484 g/mol. The zero-order valence-corrected chi connectivity index (χ0v) is 19.3. The molecule has 1 heterocycles. The van der Waals surface area contributed by atoms with Gasteiger partial charge in [0.05, 0.1) is 0 Å². The standard InChI is InChI=1S/C22H36N4.HI/c1-3-23-22(24-15-7-8-19-11-12-19)25-21-13-16-26(17-14-21)18(2)20-9-5-4-6-10-20;/h4-6,9-10,18-19,21H,3,7-8,11-17H2,1-2H3,(H2,23,24,25);1H. The van der Waals surface area contributed by atoms with Crippen molar-refractivity contribution in [3.63, 3.8) is 0 Å². The second-order valence-electron chi connectivity index (χ2n) is 7.89. The van der Waals surface area contributed by atoms with Crippen LogP contribution < -0.4 is 10.6 Å². The van der Waals surface area contributed by atoms with Crippen molar-refractivity contribution in [1.82, 2.24) is 15.5 Å². The van der Waals surface area contributed by atoms with Crippen molar-refractivity contribution in [3.8, 4) is 0 Å². The van der Waals surface area contributed by atoms with Gasteiger partial charge in [-0.1, -0.05) is 43.2 Å². The number of benzene rings is 1. The minimum atomic E-state index is 0. The van der Waals surface area contributed by atoms with Crippen LogP contribution in [0.5, 0.6) is 0 Å². The number of nitrogens with zero attached hydrogens (tertiary/aromatic N) is 2. The van der Waals surface area contributed by atoms with E-state index in [1.165, 1.54) is 44.1 Å². The van der Waals surface area contributed by atoms with Crippen LogP contribution in [0.15, 0.2) is 35.3 Å². The number of piperidine rings is 1. The quantitative estimate of drug-likeness (QED) is 0.246. The zero-order valence-electron chi connectivity index (χ0n) is 17.0. The van der Waals surface area contributed by atoms with Gasteiger partial charge in [-0.15, -0.1) is 24.0 Å². The van der Waals surface area contributed by atoms with Gasteiger partial charge in [-0.3, -0.25) is 9.89 Å². The number of halogens is 1. The topological polar surface area (TPSA) is 39.7 Å². The summed E-state index contributed by atoms with van der Waals surface area (Å²) in [5.41, 5.74) is 1.42. The molecule has 1 aromatic rings. The molecule has 3 rings (SSSR count). The van der Waals surface area contributed by atoms with E-state index < -0.39 is 0 Å². The van der Waals surface area contributed by atoms with Crippen molar-refractivity contribution in [2.45, 2.75) is 64.5 Å². The van der Waals surface area contributed by atoms with Crippen molar-refractivity contribution in [1.29, 1.82) is 0 Å². The van der Waals surface area contributed by atoms with Crippen LogP contribution in [0.3, 0.4) is 0 Å². The molecule has 1 aromatic carbocycles. The lowest BCUT2D eigenvalue weighted by Gasteiger charge is -2.37. The fourth-order valence-electron chi connectivity index (χ4n) is 3.86. The predicted octanol–water partition coefficient (Wildman–Crippen LogP) is 4.58. The first-order chi connectivity index (χ1) is 12.8. The van der Waals surface area contributed by atoms with Gasteiger partial charge in [0.25, 0.3) is 0 Å². The molecule has 1 saturated carbocycles. The number of likely N-dealkylation sites (tertiary alicyclic amines) is 1. The fraction of sp³-hybridized carbons (Fsp3) is 0.682. The number of aliphatic imine (C=N–C) groups is 1. The molecule has 0 bridgehead atoms. The highest BCUT2D eigenvalue weighted by atomic mass is 127. The molecule has 27 heavy (non-hydrogen) atoms. The molecular weight excluding hydrogens is 447 g/mol. The van der Waals surface area contributed by atoms with E-state index in [0.717, 1.165) is 38.1 Å². The van der Waals surface area contributed by atoms with E-state index in [2.05, 4.69) is 59.7 Å². The molecule has 5 heteroatoms. The van der Waals surface area contributed by atoms with Gasteiger partial charge in [-0.05, 0) is 51.0 Å². The van der Waals surface area contributed by atoms with E-state index in [-0.39, 0.29) is 24.0 Å². The Morgan fingerprint density at radius 3 is 2.48 bits per heavy atom. The lowest BCUT2D eigenvalue weighted by atomic mass is 10.0. The molecule has 152 valence electrons. The van der Waals surface area contributed by atoms with Gasteiger partial charge >= 0.3 is 0 Å². The van der Waals surface area contributed by atoms with Gasteiger partial charge in [0.1, 0.15) is 0 Å². The summed E-state index contributed by atoms with van der Waals surface area (Å²) in [6.45, 7) is 8.65. The Bertz CT molecular complexity index is 551. The van der Waals surface area contributed by atoms with Crippen LogP contribution in [-0.2, 0) is 0 Å². The summed E-state index contributed by atoms with van der Waals surface area (Å²) in [5.74, 6) is 2.02. The monoisotopic (exact) mass is 484 g/mol. The summed E-state index contributed by atoms with van der Waals surface area (Å²) >= 11 is 0. The molecule has 1 unspecified atom stereocenters. The summed E-state index contributed by atoms with van der Waals surface area (Å²) in [6.07, 6.45) is 7.85. The minimum Gasteiger partial charge on any atom is -0.357 e. The molecule has 1 aliphatic heterocycles. The average Bonchev–Trinajstić information content (AvgIpc) is 3.50. The zero-order chi connectivity index (χ0) is 18.2. The summed E-state index contributed by atoms with van der Waals surface area (Å²) in [5, 5.41) is 7.09. The third kappa shape index (κ3) is 7.60. The van der Waals surface area contributed by atoms with Crippen molar-refractivity contribution < 1.29 is 0 Å². The second kappa shape index (κ2) is 11.9. The van der Waals surface area contributed by atoms with E-state index >= 15 is 0 Å². The Balaban J connectivity index is 0.00000261. The molecule has 2 aliphatic rings. The van der Waals surface area contributed by atoms with Crippen LogP contribution >= 0.6 is 24.0 Å². The first-order valence-electron chi connectivity index (χ1n) is 10.6. The maximum Gasteiger partial charge on any atom is 0.191 e. The van der Waals surface area contributed by atoms with Crippen molar-refractivity contribution >= 4 is 29.9 Å². The fourth-order valence-corrected chi connectivity index (χ4v) is 3.86. The van der Waals surface area contributed by atoms with Crippen LogP contribution in [0.25, 0.3) is 0 Å². The molecule has 0 amide bonds. The predicted molar refractivity (Wildman–Crippen MR) is 126 cm³/mol. The molecule has 1 saturated heterocycles. The molecule has 0 spiro atoms. The largest absolute Gasteiger partial charge is 0.357 e. The van der Waals surface area contributed by atoms with Crippen LogP contribution in [0.4, 0.5) is 0 Å². The van der Waals surface area contributed by atoms with Gasteiger partial charge in [-0.2, -0.15) is 0 Å². The maximum atomic E-state index is 4.79.